The van der Waals surface area contributed by atoms with Crippen molar-refractivity contribution in [3.05, 3.63) is 76.1 Å². The van der Waals surface area contributed by atoms with E-state index in [0.29, 0.717) is 22.4 Å². The molecule has 2 aromatic carbocycles. The Morgan fingerprint density at radius 1 is 1.05 bits per heavy atom. The third kappa shape index (κ3) is 2.29. The fourth-order valence-corrected chi connectivity index (χ4v) is 2.51. The second-order valence-corrected chi connectivity index (χ2v) is 5.03. The van der Waals surface area contributed by atoms with Crippen molar-refractivity contribution in [2.75, 3.05) is 7.11 Å². The van der Waals surface area contributed by atoms with Crippen molar-refractivity contribution in [2.45, 2.75) is 0 Å². The second kappa shape index (κ2) is 5.48. The molecule has 3 rings (SSSR count). The molecule has 0 spiro atoms. The predicted molar refractivity (Wildman–Crippen MR) is 85.6 cm³/mol. The number of carbonyl (C=O) groups excluding carboxylic acids is 1. The molecule has 0 fully saturated rings. The van der Waals surface area contributed by atoms with Gasteiger partial charge >= 0.3 is 0 Å². The van der Waals surface area contributed by atoms with Gasteiger partial charge in [-0.05, 0) is 36.4 Å². The van der Waals surface area contributed by atoms with Crippen LogP contribution >= 0.6 is 0 Å². The highest BCUT2D eigenvalue weighted by Gasteiger charge is 2.15. The lowest BCUT2D eigenvalue weighted by Gasteiger charge is -2.11. The highest BCUT2D eigenvalue weighted by Crippen LogP contribution is 2.17. The van der Waals surface area contributed by atoms with Crippen LogP contribution in [-0.4, -0.2) is 17.5 Å². The zero-order valence-corrected chi connectivity index (χ0v) is 12.4. The third-order valence-electron chi connectivity index (χ3n) is 3.74. The van der Waals surface area contributed by atoms with Gasteiger partial charge in [0.05, 0.1) is 18.3 Å². The summed E-state index contributed by atoms with van der Waals surface area (Å²) in [5.74, 6) is 0.497. The first-order valence-electron chi connectivity index (χ1n) is 6.89. The van der Waals surface area contributed by atoms with Crippen LogP contribution in [0.1, 0.15) is 16.1 Å². The van der Waals surface area contributed by atoms with Crippen molar-refractivity contribution >= 4 is 16.7 Å². The Morgan fingerprint density at radius 3 is 2.41 bits per heavy atom. The molecule has 0 atom stereocenters. The quantitative estimate of drug-likeness (QED) is 0.698. The maximum atomic E-state index is 12.7. The monoisotopic (exact) mass is 293 g/mol. The Kier molecular flexibility index (Phi) is 3.51. The third-order valence-corrected chi connectivity index (χ3v) is 3.74. The predicted octanol–water partition coefficient (Wildman–Crippen LogP) is 2.78. The smallest absolute Gasteiger partial charge is 0.209 e. The van der Waals surface area contributed by atoms with Crippen LogP contribution in [0, 0.1) is 0 Å². The lowest BCUT2D eigenvalue weighted by molar-refractivity contribution is 0.103. The summed E-state index contributed by atoms with van der Waals surface area (Å²) in [6.07, 6.45) is 0. The van der Waals surface area contributed by atoms with Gasteiger partial charge in [0.1, 0.15) is 5.75 Å². The average Bonchev–Trinajstić information content (AvgIpc) is 2.57. The molecule has 0 aliphatic heterocycles. The van der Waals surface area contributed by atoms with Gasteiger partial charge in [-0.3, -0.25) is 9.59 Å². The zero-order valence-electron chi connectivity index (χ0n) is 12.4. The minimum Gasteiger partial charge on any atom is -0.497 e. The normalized spacial score (nSPS) is 10.6. The molecule has 1 heterocycles. The maximum Gasteiger partial charge on any atom is 0.209 e. The number of ketones is 1. The van der Waals surface area contributed by atoms with Crippen LogP contribution in [0.2, 0.25) is 0 Å². The van der Waals surface area contributed by atoms with Crippen molar-refractivity contribution in [1.29, 1.82) is 0 Å². The summed E-state index contributed by atoms with van der Waals surface area (Å²) in [7, 11) is 3.36. The van der Waals surface area contributed by atoms with E-state index in [9.17, 15) is 9.59 Å². The first kappa shape index (κ1) is 14.1. The fourth-order valence-electron chi connectivity index (χ4n) is 2.51. The molecule has 0 amide bonds. The Morgan fingerprint density at radius 2 is 1.73 bits per heavy atom. The number of ether oxygens (including phenoxy) is 1. The molecule has 3 aromatic rings. The highest BCUT2D eigenvalue weighted by atomic mass is 16.5. The number of para-hydroxylation sites is 1. The number of aromatic nitrogens is 1. The van der Waals surface area contributed by atoms with Gasteiger partial charge in [-0.2, -0.15) is 0 Å². The van der Waals surface area contributed by atoms with Crippen LogP contribution < -0.4 is 10.2 Å². The van der Waals surface area contributed by atoms with Crippen molar-refractivity contribution in [1.82, 2.24) is 4.57 Å². The highest BCUT2D eigenvalue weighted by molar-refractivity contribution is 6.08. The summed E-state index contributed by atoms with van der Waals surface area (Å²) in [6.45, 7) is 0. The molecular weight excluding hydrogens is 278 g/mol. The van der Waals surface area contributed by atoms with Crippen molar-refractivity contribution < 1.29 is 9.53 Å². The average molecular weight is 293 g/mol. The van der Waals surface area contributed by atoms with Crippen LogP contribution in [0.3, 0.4) is 0 Å². The first-order chi connectivity index (χ1) is 10.6. The van der Waals surface area contributed by atoms with Gasteiger partial charge in [-0.1, -0.05) is 12.1 Å². The van der Waals surface area contributed by atoms with E-state index in [2.05, 4.69) is 0 Å². The minimum atomic E-state index is -0.187. The van der Waals surface area contributed by atoms with Gasteiger partial charge in [-0.15, -0.1) is 0 Å². The Balaban J connectivity index is 2.14. The van der Waals surface area contributed by atoms with Gasteiger partial charge in [-0.25, -0.2) is 0 Å². The number of carbonyl (C=O) groups is 1. The van der Waals surface area contributed by atoms with E-state index in [0.717, 1.165) is 5.52 Å². The summed E-state index contributed by atoms with van der Waals surface area (Å²) in [5, 5.41) is 0.608. The standard InChI is InChI=1S/C18H15NO3/c1-19-15-6-4-3-5-14(15)17(20)11-16(19)18(21)12-7-9-13(22-2)10-8-12/h3-11H,1-2H3. The zero-order chi connectivity index (χ0) is 15.7. The van der Waals surface area contributed by atoms with E-state index in [1.165, 1.54) is 6.07 Å². The summed E-state index contributed by atoms with van der Waals surface area (Å²) in [4.78, 5) is 24.9. The topological polar surface area (TPSA) is 48.3 Å². The number of rotatable bonds is 3. The van der Waals surface area contributed by atoms with E-state index in [4.69, 9.17) is 4.74 Å². The molecule has 0 unspecified atom stereocenters. The maximum absolute atomic E-state index is 12.7. The molecule has 0 saturated heterocycles. The molecule has 4 heteroatoms. The van der Waals surface area contributed by atoms with E-state index in [1.807, 2.05) is 18.2 Å². The molecule has 0 aliphatic carbocycles. The van der Waals surface area contributed by atoms with Gasteiger partial charge < -0.3 is 9.30 Å². The summed E-state index contributed by atoms with van der Waals surface area (Å²) >= 11 is 0. The number of nitrogens with zero attached hydrogens (tertiary/aromatic N) is 1. The first-order valence-corrected chi connectivity index (χ1v) is 6.89. The van der Waals surface area contributed by atoms with E-state index >= 15 is 0 Å². The SMILES string of the molecule is COc1ccc(C(=O)c2cc(=O)c3ccccc3n2C)cc1. The van der Waals surface area contributed by atoms with E-state index in [1.54, 1.807) is 49.1 Å². The molecule has 0 N–H and O–H groups in total. The van der Waals surface area contributed by atoms with E-state index < -0.39 is 0 Å². The van der Waals surface area contributed by atoms with Crippen LogP contribution in [0.25, 0.3) is 10.9 Å². The number of hydrogen-bond acceptors (Lipinski definition) is 3. The van der Waals surface area contributed by atoms with Crippen LogP contribution in [0.15, 0.2) is 59.4 Å². The summed E-state index contributed by atoms with van der Waals surface area (Å²) in [5.41, 5.74) is 1.48. The number of fused-ring (bicyclic) bond motifs is 1. The summed E-state index contributed by atoms with van der Waals surface area (Å²) < 4.78 is 6.84. The van der Waals surface area contributed by atoms with Crippen molar-refractivity contribution in [2.24, 2.45) is 7.05 Å². The molecule has 110 valence electrons. The van der Waals surface area contributed by atoms with Gasteiger partial charge in [0.15, 0.2) is 5.43 Å². The second-order valence-electron chi connectivity index (χ2n) is 5.03. The van der Waals surface area contributed by atoms with E-state index in [-0.39, 0.29) is 11.2 Å². The number of benzene rings is 2. The number of hydrogen-bond donors (Lipinski definition) is 0. The van der Waals surface area contributed by atoms with Gasteiger partial charge in [0.25, 0.3) is 0 Å². The number of aryl methyl sites for hydroxylation is 1. The van der Waals surface area contributed by atoms with Crippen LogP contribution in [-0.2, 0) is 7.05 Å². The molecule has 0 aliphatic rings. The Hall–Kier alpha value is -2.88. The number of pyridine rings is 1. The lowest BCUT2D eigenvalue weighted by Crippen LogP contribution is -2.16. The van der Waals surface area contributed by atoms with Crippen molar-refractivity contribution in [3.63, 3.8) is 0 Å². The van der Waals surface area contributed by atoms with Gasteiger partial charge in [0, 0.05) is 24.1 Å². The van der Waals surface area contributed by atoms with Crippen molar-refractivity contribution in [3.8, 4) is 5.75 Å². The molecular formula is C18H15NO3. The lowest BCUT2D eigenvalue weighted by atomic mass is 10.1. The van der Waals surface area contributed by atoms with Crippen LogP contribution in [0.5, 0.6) is 5.75 Å². The Labute approximate surface area is 127 Å². The Bertz CT molecular complexity index is 908. The molecule has 1 aromatic heterocycles. The number of methoxy groups -OCH3 is 1. The molecule has 0 bridgehead atoms. The molecule has 4 nitrogen and oxygen atoms in total. The molecule has 0 saturated carbocycles. The van der Waals surface area contributed by atoms with Crippen LogP contribution in [0.4, 0.5) is 0 Å². The largest absolute Gasteiger partial charge is 0.497 e. The fraction of sp³-hybridized carbons (Fsp3) is 0.111. The molecule has 0 radical (unpaired) electrons. The minimum absolute atomic E-state index is 0.148. The molecule has 22 heavy (non-hydrogen) atoms. The summed E-state index contributed by atoms with van der Waals surface area (Å²) in [6, 6.07) is 15.5. The van der Waals surface area contributed by atoms with Gasteiger partial charge in [0.2, 0.25) is 5.78 Å².